The third-order valence-corrected chi connectivity index (χ3v) is 27.3. The third kappa shape index (κ3) is 32.5. The third-order valence-electron chi connectivity index (χ3n) is 21.3. The monoisotopic (exact) mass is 2070 g/mol. The number of alkyl halides is 6. The summed E-state index contributed by atoms with van der Waals surface area (Å²) in [6.07, 6.45) is 5.22. The van der Waals surface area contributed by atoms with Gasteiger partial charge in [-0.3, -0.25) is 33.5 Å². The van der Waals surface area contributed by atoms with Crippen LogP contribution in [0.4, 0.5) is 37.7 Å². The van der Waals surface area contributed by atoms with Crippen LogP contribution in [0.15, 0.2) is 304 Å². The second-order valence-electron chi connectivity index (χ2n) is 30.9. The van der Waals surface area contributed by atoms with Crippen molar-refractivity contribution in [2.75, 3.05) is 90.2 Å². The Morgan fingerprint density at radius 1 is 0.477 bits per heavy atom. The number of carbonyl (C=O) groups is 2. The molecule has 16 nitrogen and oxygen atoms in total. The molecule has 3 N–H and O–H groups in total. The summed E-state index contributed by atoms with van der Waals surface area (Å²) in [4.78, 5) is 33.8. The maximum Gasteiger partial charge on any atom is -0.0134 e. The predicted octanol–water partition coefficient (Wildman–Crippen LogP) is 20.6. The van der Waals surface area contributed by atoms with E-state index in [0.29, 0.717) is 47.7 Å². The minimum atomic E-state index is -4.54. The fourth-order valence-electron chi connectivity index (χ4n) is 14.0. The van der Waals surface area contributed by atoms with Gasteiger partial charge in [0.1, 0.15) is 6.23 Å². The van der Waals surface area contributed by atoms with Crippen LogP contribution in [0.5, 0.6) is 0 Å². The van der Waals surface area contributed by atoms with Crippen LogP contribution in [-0.4, -0.2) is 146 Å². The molecule has 2 amide bonds. The number of unbranched alkanes of at least 4 members (excludes halogenated alkanes) is 1. The van der Waals surface area contributed by atoms with Crippen LogP contribution in [0.2, 0.25) is 0 Å². The molecule has 14 aromatic rings. The van der Waals surface area contributed by atoms with E-state index in [2.05, 4.69) is 289 Å². The molecule has 3 saturated heterocycles. The average molecular weight is 2070 g/mol. The molecule has 4 aromatic heterocycles. The van der Waals surface area contributed by atoms with E-state index >= 15 is 0 Å². The van der Waals surface area contributed by atoms with Crippen molar-refractivity contribution in [3.05, 3.63) is 369 Å². The van der Waals surface area contributed by atoms with Crippen molar-refractivity contribution in [3.8, 4) is 24.2 Å². The molecule has 0 saturated carbocycles. The Hall–Kier alpha value is -10.3. The van der Waals surface area contributed by atoms with Gasteiger partial charge in [-0.15, -0.1) is 26.8 Å². The SMILES string of the molecule is C#Cc1nnc2ccccn12.CCCC.CCNC1CCCO1.Cc1ccc(C(=O)Nc2ccc(CN3CCN(C)CC3)c(C(F)(F)F)c2)cc1C#Cc1nnc2ccccn12.Cc1ccc(C(=O)Nc2ccc(CN3CCN(C)CC3)c(C(F)(F)F)c2)cc1I.[Cl][Pd][Cl].c1ccc(P(c2ccccc2)c2ccccc2)cc1.c1ccc(P(c2ccccc2)c2ccccc2)cc1. The minimum Gasteiger partial charge on any atom is -0.0622 e. The Morgan fingerprint density at radius 3 is 1.19 bits per heavy atom. The number of benzene rings is 10. The Kier molecular flexibility index (Phi) is 42.6. The van der Waals surface area contributed by atoms with Crippen molar-refractivity contribution in [2.45, 2.75) is 92.0 Å². The maximum absolute atomic E-state index is 13.9. The Balaban J connectivity index is 0.000000171. The molecule has 132 heavy (non-hydrogen) atoms. The largest absolute Gasteiger partial charge is 0.0622 e. The fourth-order valence-corrected chi connectivity index (χ4v) is 19.1. The summed E-state index contributed by atoms with van der Waals surface area (Å²) in [7, 11) is 12.7. The number of nitrogens with zero attached hydrogens (tertiary/aromatic N) is 10. The first kappa shape index (κ1) is 104. The molecule has 3 aliphatic rings. The summed E-state index contributed by atoms with van der Waals surface area (Å²) in [5.74, 6) is 8.50. The van der Waals surface area contributed by atoms with Crippen molar-refractivity contribution in [2.24, 2.45) is 0 Å². The zero-order chi connectivity index (χ0) is 94.2. The number of aromatic nitrogens is 6. The summed E-state index contributed by atoms with van der Waals surface area (Å²) in [5, 5.41) is 32.6. The summed E-state index contributed by atoms with van der Waals surface area (Å²) >= 11 is 2.02. The zero-order valence-corrected chi connectivity index (χ0v) is 81.7. The molecule has 0 bridgehead atoms. The smallest absolute Gasteiger partial charge is 0.0134 e. The van der Waals surface area contributed by atoms with Crippen molar-refractivity contribution in [1.82, 2.24) is 54.1 Å². The van der Waals surface area contributed by atoms with Crippen molar-refractivity contribution in [1.29, 1.82) is 0 Å². The van der Waals surface area contributed by atoms with Gasteiger partial charge >= 0.3 is 47.4 Å². The number of hydrogen-bond donors (Lipinski definition) is 3. The molecule has 17 rings (SSSR count). The molecule has 0 aliphatic carbocycles. The van der Waals surface area contributed by atoms with Crippen LogP contribution >= 0.6 is 57.5 Å². The first-order valence-corrected chi connectivity index (χ1v) is 51.0. The van der Waals surface area contributed by atoms with E-state index in [0.717, 1.165) is 84.9 Å². The number of fused-ring (bicyclic) bond motifs is 2. The predicted molar refractivity (Wildman–Crippen MR) is 535 cm³/mol. The van der Waals surface area contributed by atoms with E-state index < -0.39 is 51.1 Å². The van der Waals surface area contributed by atoms with Crippen LogP contribution in [-0.2, 0) is 46.1 Å². The quantitative estimate of drug-likeness (QED) is 0.0261. The topological polar surface area (TPSA) is 153 Å². The molecule has 10 aromatic carbocycles. The first-order valence-electron chi connectivity index (χ1n) is 43.3. The van der Waals surface area contributed by atoms with E-state index in [1.807, 2.05) is 92.6 Å². The Bertz CT molecular complexity index is 5680. The number of rotatable bonds is 17. The first-order chi connectivity index (χ1) is 63.9. The number of anilines is 2. The molecule has 690 valence electrons. The number of likely N-dealkylation sites (N-methyl/N-ethyl adjacent to an activating group) is 2. The number of halogens is 9. The number of ether oxygens (including phenoxy) is 1. The molecule has 7 heterocycles. The van der Waals surface area contributed by atoms with Gasteiger partial charge in [0.15, 0.2) is 11.3 Å². The number of amides is 2. The second-order valence-corrected chi connectivity index (χ2v) is 38.9. The Labute approximate surface area is 803 Å². The van der Waals surface area contributed by atoms with E-state index in [1.165, 1.54) is 81.8 Å². The van der Waals surface area contributed by atoms with Gasteiger partial charge in [-0.2, -0.15) is 26.3 Å². The van der Waals surface area contributed by atoms with Gasteiger partial charge in [0.05, 0.1) is 11.1 Å². The van der Waals surface area contributed by atoms with Gasteiger partial charge in [0.25, 0.3) is 11.8 Å². The second kappa shape index (κ2) is 54.1. The number of aryl methyl sites for hydroxylation is 2. The molecule has 3 aliphatic heterocycles. The maximum atomic E-state index is 13.9. The standard InChI is InChI=1S/C29H27F3N6O.C21H23F3IN3O.2C18H15P.C8H5N3.C6H13NO.C4H10.2ClH.Pd/c1-20-6-7-22(17-21(20)9-11-27-35-34-26-5-3-4-12-38(26)27)28(39)33-24-10-8-23(25(18-24)29(30,31)32)19-37-15-13-36(2)14-16-37;1-14-3-4-15(11-19(14)25)20(29)26-17-6-5-16(18(12-17)21(22,23)24)13-28-9-7-27(2)8-10-28;2*1-4-10-16(11-5-1)19(17-12-6-2-7-13-17)18-14-8-3-9-15-18;1-2-7-9-10-8-5-3-4-6-11(7)8;1-2-7-6-4-3-5-8-6;1-3-4-2;;;/h3-8,10,12,17-18H,13-16,19H2,1-2H3,(H,33,39);3-6,11-12H,7-10,13H2,1-2H3,(H,26,29);2*1-15H;1,3-6H;6-7H,2-5H2,1H3;3-4H2,1-2H3;2*1H;/q;;;;;;;;;+2/p-2. The zero-order valence-electron chi connectivity index (χ0n) is 74.6. The van der Waals surface area contributed by atoms with Crippen LogP contribution in [0.25, 0.3) is 11.3 Å². The number of terminal acetylenes is 1. The molecule has 1 unspecified atom stereocenters. The van der Waals surface area contributed by atoms with Crippen molar-refractivity contribution in [3.63, 3.8) is 0 Å². The van der Waals surface area contributed by atoms with Gasteiger partial charge in [-0.05, 0) is 224 Å². The van der Waals surface area contributed by atoms with Gasteiger partial charge in [0, 0.05) is 116 Å². The van der Waals surface area contributed by atoms with E-state index in [1.54, 1.807) is 39.1 Å². The average Bonchev–Trinajstić information content (AvgIpc) is 1.13. The van der Waals surface area contributed by atoms with Gasteiger partial charge in [0.2, 0.25) is 11.6 Å². The van der Waals surface area contributed by atoms with E-state index in [4.69, 9.17) is 30.2 Å². The summed E-state index contributed by atoms with van der Waals surface area (Å²) in [6.45, 7) is 18.8. The molecular weight excluding hydrogens is 1960 g/mol. The van der Waals surface area contributed by atoms with Crippen molar-refractivity contribution < 1.29 is 56.6 Å². The summed E-state index contributed by atoms with van der Waals surface area (Å²) < 4.78 is 92.5. The molecule has 3 fully saturated rings. The van der Waals surface area contributed by atoms with Gasteiger partial charge in [-0.25, -0.2) is 0 Å². The van der Waals surface area contributed by atoms with E-state index in [-0.39, 0.29) is 57.1 Å². The Morgan fingerprint density at radius 2 is 0.841 bits per heavy atom. The van der Waals surface area contributed by atoms with Gasteiger partial charge < -0.3 is 25.2 Å². The van der Waals surface area contributed by atoms with E-state index in [9.17, 15) is 35.9 Å². The number of piperazine rings is 2. The molecule has 0 spiro atoms. The number of pyridine rings is 2. The molecule has 28 heteroatoms. The van der Waals surface area contributed by atoms with Crippen LogP contribution in [0.1, 0.15) is 118 Å². The van der Waals surface area contributed by atoms with Crippen molar-refractivity contribution >= 4 is 124 Å². The number of hydrogen-bond acceptors (Lipinski definition) is 12. The summed E-state index contributed by atoms with van der Waals surface area (Å²) in [5.41, 5.74) is 3.83. The molecule has 1 atom stereocenters. The number of carbonyl (C=O) groups excluding carboxylic acids is 2. The number of nitrogens with one attached hydrogen (secondary N) is 3. The fraction of sp³-hybridized carbons (Fsp3) is 0.250. The van der Waals surface area contributed by atoms with Crippen LogP contribution < -0.4 is 47.8 Å². The molecule has 0 radical (unpaired) electrons. The normalized spacial score (nSPS) is 13.9. The molecular formula is C104H108Cl2F6IN13O3P2Pd. The van der Waals surface area contributed by atoms with Crippen LogP contribution in [0.3, 0.4) is 0 Å². The minimum absolute atomic E-state index is 0.0811. The summed E-state index contributed by atoms with van der Waals surface area (Å²) in [6, 6.07) is 94.0. The van der Waals surface area contributed by atoms with Gasteiger partial charge in [-0.1, -0.05) is 258 Å². The van der Waals surface area contributed by atoms with Crippen LogP contribution in [0, 0.1) is 41.6 Å².